The molecule has 4 heteroatoms. The smallest absolute Gasteiger partial charge is 0.310 e. The van der Waals surface area contributed by atoms with Crippen molar-refractivity contribution in [1.82, 2.24) is 0 Å². The second kappa shape index (κ2) is 8.02. The molecule has 1 aliphatic heterocycles. The number of rotatable bonds is 6. The molecule has 2 N–H and O–H groups in total. The summed E-state index contributed by atoms with van der Waals surface area (Å²) >= 11 is 0. The van der Waals surface area contributed by atoms with Gasteiger partial charge in [0.05, 0.1) is 13.0 Å². The maximum atomic E-state index is 12.2. The highest BCUT2D eigenvalue weighted by atomic mass is 16.6. The average molecular weight is 331 g/mol. The third-order valence-electron chi connectivity index (χ3n) is 5.57. The number of esters is 1. The van der Waals surface area contributed by atoms with Crippen LogP contribution in [0, 0.1) is 11.8 Å². The van der Waals surface area contributed by atoms with Gasteiger partial charge in [0, 0.05) is 12.5 Å². The van der Waals surface area contributed by atoms with E-state index in [9.17, 15) is 4.79 Å². The lowest BCUT2D eigenvalue weighted by atomic mass is 9.81. The molecule has 0 radical (unpaired) electrons. The summed E-state index contributed by atoms with van der Waals surface area (Å²) in [6.45, 7) is 0. The number of carbonyl (C=O) groups is 1. The van der Waals surface area contributed by atoms with E-state index in [4.69, 9.17) is 15.2 Å². The molecule has 4 nitrogen and oxygen atoms in total. The second-order valence-electron chi connectivity index (χ2n) is 7.36. The normalized spacial score (nSPS) is 26.2. The lowest BCUT2D eigenvalue weighted by molar-refractivity contribution is -0.144. The molecule has 0 unspecified atom stereocenters. The summed E-state index contributed by atoms with van der Waals surface area (Å²) in [6.07, 6.45) is 8.93. The zero-order valence-corrected chi connectivity index (χ0v) is 14.6. The first-order chi connectivity index (χ1) is 11.7. The first-order valence-corrected chi connectivity index (χ1v) is 9.24. The van der Waals surface area contributed by atoms with Crippen LogP contribution in [0.3, 0.4) is 0 Å². The zero-order valence-electron chi connectivity index (χ0n) is 14.6. The molecule has 132 valence electrons. The Labute approximate surface area is 144 Å². The van der Waals surface area contributed by atoms with Gasteiger partial charge in [0.2, 0.25) is 0 Å². The number of benzene rings is 1. The fourth-order valence-corrected chi connectivity index (χ4v) is 4.15. The van der Waals surface area contributed by atoms with Gasteiger partial charge in [-0.05, 0) is 36.5 Å². The first kappa shape index (κ1) is 17.3. The van der Waals surface area contributed by atoms with Crippen LogP contribution in [-0.4, -0.2) is 25.2 Å². The molecule has 1 aromatic carbocycles. The molecule has 3 rings (SSSR count). The van der Waals surface area contributed by atoms with E-state index >= 15 is 0 Å². The van der Waals surface area contributed by atoms with Crippen molar-refractivity contribution in [2.24, 2.45) is 17.6 Å². The molecule has 1 saturated heterocycles. The quantitative estimate of drug-likeness (QED) is 0.811. The molecule has 1 heterocycles. The first-order valence-electron chi connectivity index (χ1n) is 9.24. The number of hydrogen-bond donors (Lipinski definition) is 1. The Morgan fingerprint density at radius 1 is 1.21 bits per heavy atom. The predicted molar refractivity (Wildman–Crippen MR) is 93.9 cm³/mol. The van der Waals surface area contributed by atoms with E-state index in [1.807, 2.05) is 24.3 Å². The Morgan fingerprint density at radius 2 is 1.92 bits per heavy atom. The van der Waals surface area contributed by atoms with E-state index in [1.54, 1.807) is 7.11 Å². The maximum absolute atomic E-state index is 12.2. The molecule has 1 saturated carbocycles. The van der Waals surface area contributed by atoms with Crippen LogP contribution in [0.5, 0.6) is 5.75 Å². The van der Waals surface area contributed by atoms with Gasteiger partial charge in [-0.25, -0.2) is 0 Å². The van der Waals surface area contributed by atoms with E-state index in [0.717, 1.165) is 30.6 Å². The molecule has 0 amide bonds. The third kappa shape index (κ3) is 4.29. The number of ether oxygens (including phenoxy) is 2. The summed E-state index contributed by atoms with van der Waals surface area (Å²) in [5.74, 6) is 1.31. The molecule has 3 atom stereocenters. The van der Waals surface area contributed by atoms with Crippen LogP contribution in [0.25, 0.3) is 0 Å². The van der Waals surface area contributed by atoms with Gasteiger partial charge in [-0.15, -0.1) is 0 Å². The van der Waals surface area contributed by atoms with Crippen LogP contribution < -0.4 is 10.5 Å². The molecule has 0 bridgehead atoms. The van der Waals surface area contributed by atoms with Crippen molar-refractivity contribution in [3.05, 3.63) is 29.8 Å². The monoisotopic (exact) mass is 331 g/mol. The standard InChI is InChI=1S/C20H29NO3/c1-23-16-9-7-15(8-10-16)11-17-13-18(20(22)24-17)19(21)12-14-5-3-2-4-6-14/h7-10,14,17-19H,2-6,11-13,21H2,1H3/t17-,18-,19+/m1/s1. The number of hydrogen-bond acceptors (Lipinski definition) is 4. The highest BCUT2D eigenvalue weighted by Crippen LogP contribution is 2.32. The molecule has 0 aromatic heterocycles. The van der Waals surface area contributed by atoms with Gasteiger partial charge in [-0.1, -0.05) is 44.2 Å². The van der Waals surface area contributed by atoms with Crippen molar-refractivity contribution in [1.29, 1.82) is 0 Å². The molecule has 24 heavy (non-hydrogen) atoms. The fourth-order valence-electron chi connectivity index (χ4n) is 4.15. The topological polar surface area (TPSA) is 61.5 Å². The summed E-state index contributed by atoms with van der Waals surface area (Å²) in [5.41, 5.74) is 7.54. The number of cyclic esters (lactones) is 1. The van der Waals surface area contributed by atoms with Crippen molar-refractivity contribution in [3.8, 4) is 5.75 Å². The molecule has 2 fully saturated rings. The molecule has 0 spiro atoms. The van der Waals surface area contributed by atoms with E-state index in [1.165, 1.54) is 32.1 Å². The maximum Gasteiger partial charge on any atom is 0.310 e. The van der Waals surface area contributed by atoms with Gasteiger partial charge >= 0.3 is 5.97 Å². The number of methoxy groups -OCH3 is 1. The van der Waals surface area contributed by atoms with E-state index < -0.39 is 0 Å². The van der Waals surface area contributed by atoms with Crippen LogP contribution in [-0.2, 0) is 16.0 Å². The van der Waals surface area contributed by atoms with Gasteiger partial charge in [-0.3, -0.25) is 4.79 Å². The summed E-state index contributed by atoms with van der Waals surface area (Å²) < 4.78 is 10.8. The lowest BCUT2D eigenvalue weighted by Crippen LogP contribution is -2.35. The lowest BCUT2D eigenvalue weighted by Gasteiger charge is -2.26. The summed E-state index contributed by atoms with van der Waals surface area (Å²) in [4.78, 5) is 12.2. The Morgan fingerprint density at radius 3 is 2.58 bits per heavy atom. The molecule has 2 aliphatic rings. The van der Waals surface area contributed by atoms with Crippen LogP contribution in [0.15, 0.2) is 24.3 Å². The summed E-state index contributed by atoms with van der Waals surface area (Å²) in [6, 6.07) is 7.89. The van der Waals surface area contributed by atoms with Crippen molar-refractivity contribution in [2.75, 3.05) is 7.11 Å². The Kier molecular flexibility index (Phi) is 5.77. The van der Waals surface area contributed by atoms with Crippen LogP contribution in [0.2, 0.25) is 0 Å². The van der Waals surface area contributed by atoms with Gasteiger partial charge in [0.25, 0.3) is 0 Å². The second-order valence-corrected chi connectivity index (χ2v) is 7.36. The van der Waals surface area contributed by atoms with Gasteiger partial charge in [0.1, 0.15) is 11.9 Å². The van der Waals surface area contributed by atoms with Gasteiger partial charge in [0.15, 0.2) is 0 Å². The minimum Gasteiger partial charge on any atom is -0.497 e. The van der Waals surface area contributed by atoms with E-state index in [2.05, 4.69) is 0 Å². The van der Waals surface area contributed by atoms with E-state index in [-0.39, 0.29) is 24.0 Å². The molecule has 1 aliphatic carbocycles. The van der Waals surface area contributed by atoms with Crippen molar-refractivity contribution in [3.63, 3.8) is 0 Å². The van der Waals surface area contributed by atoms with Gasteiger partial charge < -0.3 is 15.2 Å². The summed E-state index contributed by atoms with van der Waals surface area (Å²) in [7, 11) is 1.66. The minimum absolute atomic E-state index is 0.0479. The molecule has 1 aromatic rings. The zero-order chi connectivity index (χ0) is 16.9. The minimum atomic E-state index is -0.129. The highest BCUT2D eigenvalue weighted by Gasteiger charge is 2.39. The van der Waals surface area contributed by atoms with Crippen molar-refractivity contribution >= 4 is 5.97 Å². The van der Waals surface area contributed by atoms with Gasteiger partial charge in [-0.2, -0.15) is 0 Å². The highest BCUT2D eigenvalue weighted by molar-refractivity contribution is 5.75. The molecular formula is C20H29NO3. The third-order valence-corrected chi connectivity index (χ3v) is 5.57. The van der Waals surface area contributed by atoms with E-state index in [0.29, 0.717) is 5.92 Å². The SMILES string of the molecule is COc1ccc(C[C@@H]2C[C@H]([C@@H](N)CC3CCCCC3)C(=O)O2)cc1. The average Bonchev–Trinajstić information content (AvgIpc) is 2.97. The van der Waals surface area contributed by atoms with Crippen molar-refractivity contribution in [2.45, 2.75) is 63.5 Å². The van der Waals surface area contributed by atoms with Crippen molar-refractivity contribution < 1.29 is 14.3 Å². The fraction of sp³-hybridized carbons (Fsp3) is 0.650. The Bertz CT molecular complexity index is 536. The predicted octanol–water partition coefficient (Wildman–Crippen LogP) is 3.47. The van der Waals surface area contributed by atoms with Crippen LogP contribution in [0.4, 0.5) is 0 Å². The molecular weight excluding hydrogens is 302 g/mol. The number of carbonyl (C=O) groups excluding carboxylic acids is 1. The largest absolute Gasteiger partial charge is 0.497 e. The van der Waals surface area contributed by atoms with Crippen LogP contribution in [0.1, 0.15) is 50.5 Å². The Balaban J connectivity index is 1.52. The van der Waals surface area contributed by atoms with Crippen LogP contribution >= 0.6 is 0 Å². The summed E-state index contributed by atoms with van der Waals surface area (Å²) in [5, 5.41) is 0. The number of nitrogens with two attached hydrogens (primary N) is 1. The Hall–Kier alpha value is -1.55.